The van der Waals surface area contributed by atoms with Gasteiger partial charge in [0.2, 0.25) is 0 Å². The van der Waals surface area contributed by atoms with Gasteiger partial charge < -0.3 is 0 Å². The van der Waals surface area contributed by atoms with Crippen LogP contribution in [-0.4, -0.2) is 42.8 Å². The van der Waals surface area contributed by atoms with Crippen LogP contribution in [0.15, 0.2) is 48.5 Å². The predicted octanol–water partition coefficient (Wildman–Crippen LogP) is 17.4. The molecule has 2 rings (SSSR count). The minimum absolute atomic E-state index is 0.188. The van der Waals surface area contributed by atoms with E-state index in [1.54, 1.807) is 0 Å². The lowest BCUT2D eigenvalue weighted by Gasteiger charge is -2.29. The van der Waals surface area contributed by atoms with Gasteiger partial charge >= 0.3 is 0 Å². The van der Waals surface area contributed by atoms with Gasteiger partial charge in [-0.3, -0.25) is 4.79 Å². The van der Waals surface area contributed by atoms with Crippen LogP contribution in [0.5, 0.6) is 0 Å². The third-order valence-electron chi connectivity index (χ3n) is 12.4. The summed E-state index contributed by atoms with van der Waals surface area (Å²) in [4.78, 5) is 13.9. The van der Waals surface area contributed by atoms with Crippen molar-refractivity contribution in [3.63, 3.8) is 0 Å². The number of hydrogen-bond donors (Lipinski definition) is 0. The zero-order valence-corrected chi connectivity index (χ0v) is 38.8. The van der Waals surface area contributed by atoms with Gasteiger partial charge in [0.15, 0.2) is 5.78 Å². The van der Waals surface area contributed by atoms with E-state index in [0.29, 0.717) is 0 Å². The maximum absolute atomic E-state index is 13.9. The van der Waals surface area contributed by atoms with E-state index < -0.39 is 14.5 Å². The highest BCUT2D eigenvalue weighted by atomic mass is 31.2. The second-order valence-corrected chi connectivity index (χ2v) is 26.1. The van der Waals surface area contributed by atoms with Crippen LogP contribution in [0.2, 0.25) is 0 Å². The monoisotopic (exact) mass is 781 g/mol. The maximum atomic E-state index is 13.9. The molecule has 2 aromatic rings. The van der Waals surface area contributed by atoms with Gasteiger partial charge in [0.25, 0.3) is 0 Å². The number of ketones is 1. The van der Waals surface area contributed by atoms with Crippen molar-refractivity contribution in [3.8, 4) is 0 Å². The summed E-state index contributed by atoms with van der Waals surface area (Å²) < 4.78 is 0. The average molecular weight is 781 g/mol. The molecule has 0 aromatic heterocycles. The molecule has 0 bridgehead atoms. The Kier molecular flexibility index (Phi) is 28.2. The Balaban J connectivity index is 2.23. The van der Waals surface area contributed by atoms with E-state index in [0.717, 1.165) is 11.1 Å². The largest absolute Gasteiger partial charge is 0.289 e. The fourth-order valence-corrected chi connectivity index (χ4v) is 18.5. The predicted molar refractivity (Wildman–Crippen MR) is 252 cm³/mol. The van der Waals surface area contributed by atoms with Gasteiger partial charge in [0.1, 0.15) is 0 Å². The third kappa shape index (κ3) is 20.4. The van der Waals surface area contributed by atoms with Crippen LogP contribution in [0.4, 0.5) is 0 Å². The Hall–Kier alpha value is -1.03. The molecule has 0 aliphatic heterocycles. The molecule has 0 N–H and O–H groups in total. The summed E-state index contributed by atoms with van der Waals surface area (Å²) in [5, 5.41) is 0. The molecule has 0 saturated heterocycles. The Morgan fingerprint density at radius 3 is 0.759 bits per heavy atom. The number of unbranched alkanes of at least 4 members (excludes halogenated alkanes) is 18. The van der Waals surface area contributed by atoms with Gasteiger partial charge in [0.05, 0.1) is 49.3 Å². The van der Waals surface area contributed by atoms with Gasteiger partial charge in [-0.15, -0.1) is 0 Å². The molecular formula is C51H90OP2+2. The molecule has 0 saturated carbocycles. The van der Waals surface area contributed by atoms with Gasteiger partial charge in [-0.25, -0.2) is 0 Å². The summed E-state index contributed by atoms with van der Waals surface area (Å²) in [5.41, 5.74) is 4.67. The van der Waals surface area contributed by atoms with Crippen molar-refractivity contribution in [2.45, 2.75) is 208 Å². The molecule has 0 radical (unpaired) electrons. The van der Waals surface area contributed by atoms with Crippen LogP contribution in [0.3, 0.4) is 0 Å². The molecular weight excluding hydrogens is 691 g/mol. The number of carbonyl (C=O) groups is 1. The lowest BCUT2D eigenvalue weighted by Crippen LogP contribution is -2.12. The summed E-state index contributed by atoms with van der Waals surface area (Å²) in [6.07, 6.45) is 44.4. The van der Waals surface area contributed by atoms with Crippen LogP contribution in [0, 0.1) is 0 Å². The minimum atomic E-state index is -1.07. The molecule has 0 fully saturated rings. The number of benzene rings is 2. The molecule has 54 heavy (non-hydrogen) atoms. The summed E-state index contributed by atoms with van der Waals surface area (Å²) in [7, 11) is -2.15. The lowest BCUT2D eigenvalue weighted by molar-refractivity contribution is 0.103. The van der Waals surface area contributed by atoms with Gasteiger partial charge in [-0.2, -0.15) is 0 Å². The molecule has 0 amide bonds. The fraction of sp³-hybridized carbons (Fsp3) is 0.745. The van der Waals surface area contributed by atoms with E-state index in [1.165, 1.54) is 215 Å². The Morgan fingerprint density at radius 2 is 0.556 bits per heavy atom. The Bertz CT molecular complexity index is 1010. The van der Waals surface area contributed by atoms with E-state index in [-0.39, 0.29) is 5.78 Å². The molecule has 0 heterocycles. The standard InChI is InChI=1S/C51H90OP2/c1-7-13-19-25-39-53(40-26-20-14-8-2,41-27-21-15-9-3)45-47-31-35-49(36-32-47)51(52)50-37-33-48(34-38-50)46-54(42-28-22-16-10-4,43-29-23-17-11-5)44-30-24-18-12-6/h31-38H,7-30,39-46H2,1-6H3/q+2. The number of hydrogen-bond acceptors (Lipinski definition) is 1. The lowest BCUT2D eigenvalue weighted by atomic mass is 10.0. The van der Waals surface area contributed by atoms with Crippen molar-refractivity contribution in [1.82, 2.24) is 0 Å². The molecule has 0 spiro atoms. The highest BCUT2D eigenvalue weighted by Gasteiger charge is 2.37. The first-order valence-corrected chi connectivity index (χ1v) is 28.9. The van der Waals surface area contributed by atoms with Crippen LogP contribution >= 0.6 is 14.5 Å². The van der Waals surface area contributed by atoms with Crippen molar-refractivity contribution in [1.29, 1.82) is 0 Å². The summed E-state index contributed by atoms with van der Waals surface area (Å²) in [5.74, 6) is 0.188. The topological polar surface area (TPSA) is 17.1 Å². The van der Waals surface area contributed by atoms with E-state index in [4.69, 9.17) is 0 Å². The van der Waals surface area contributed by atoms with Crippen LogP contribution in [0.1, 0.15) is 223 Å². The first kappa shape index (κ1) is 49.1. The molecule has 0 aliphatic carbocycles. The van der Waals surface area contributed by atoms with Gasteiger partial charge in [0, 0.05) is 25.7 Å². The van der Waals surface area contributed by atoms with Crippen LogP contribution < -0.4 is 0 Å². The molecule has 2 aromatic carbocycles. The Labute approximate surface area is 339 Å². The second kappa shape index (κ2) is 31.0. The van der Waals surface area contributed by atoms with Crippen molar-refractivity contribution in [2.24, 2.45) is 0 Å². The first-order chi connectivity index (χ1) is 26.4. The first-order valence-electron chi connectivity index (χ1n) is 23.8. The molecule has 3 heteroatoms. The summed E-state index contributed by atoms with van der Waals surface area (Å²) >= 11 is 0. The highest BCUT2D eigenvalue weighted by Crippen LogP contribution is 2.64. The summed E-state index contributed by atoms with van der Waals surface area (Å²) in [6.45, 7) is 14.0. The van der Waals surface area contributed by atoms with Gasteiger partial charge in [-0.05, 0) is 88.2 Å². The van der Waals surface area contributed by atoms with Crippen molar-refractivity contribution >= 4 is 20.3 Å². The van der Waals surface area contributed by atoms with Crippen LogP contribution in [0.25, 0.3) is 0 Å². The smallest absolute Gasteiger partial charge is 0.193 e. The van der Waals surface area contributed by atoms with Gasteiger partial charge in [-0.1, -0.05) is 167 Å². The van der Waals surface area contributed by atoms with E-state index in [2.05, 4.69) is 90.1 Å². The maximum Gasteiger partial charge on any atom is 0.193 e. The van der Waals surface area contributed by atoms with Crippen molar-refractivity contribution in [3.05, 3.63) is 70.8 Å². The third-order valence-corrected chi connectivity index (χ3v) is 22.0. The van der Waals surface area contributed by atoms with Crippen molar-refractivity contribution < 1.29 is 4.79 Å². The molecule has 0 atom stereocenters. The normalized spacial score (nSPS) is 12.1. The molecule has 0 aliphatic rings. The fourth-order valence-electron chi connectivity index (χ4n) is 8.85. The van der Waals surface area contributed by atoms with Crippen molar-refractivity contribution in [2.75, 3.05) is 37.0 Å². The summed E-state index contributed by atoms with van der Waals surface area (Å²) in [6, 6.07) is 17.9. The SMILES string of the molecule is CCCCCC[P+](CCCCCC)(CCCCCC)Cc1ccc(C(=O)c2ccc(C[P+](CCCCCC)(CCCCCC)CCCCCC)cc2)cc1. The average Bonchev–Trinajstić information content (AvgIpc) is 3.19. The molecule has 0 unspecified atom stereocenters. The van der Waals surface area contributed by atoms with E-state index in [9.17, 15) is 4.79 Å². The Morgan fingerprint density at radius 1 is 0.333 bits per heavy atom. The second-order valence-electron chi connectivity index (χ2n) is 17.4. The molecule has 308 valence electrons. The van der Waals surface area contributed by atoms with Crippen LogP contribution in [-0.2, 0) is 12.3 Å². The number of carbonyl (C=O) groups excluding carboxylic acids is 1. The van der Waals surface area contributed by atoms with E-state index in [1.807, 2.05) is 0 Å². The number of rotatable bonds is 36. The zero-order valence-electron chi connectivity index (χ0n) is 37.0. The zero-order chi connectivity index (χ0) is 39.2. The minimum Gasteiger partial charge on any atom is -0.289 e. The molecule has 1 nitrogen and oxygen atoms in total. The quantitative estimate of drug-likeness (QED) is 0.0382. The van der Waals surface area contributed by atoms with E-state index >= 15 is 0 Å². The highest BCUT2D eigenvalue weighted by molar-refractivity contribution is 7.75.